The first-order valence-electron chi connectivity index (χ1n) is 11.0. The third-order valence-corrected chi connectivity index (χ3v) is 6.11. The van der Waals surface area contributed by atoms with Crippen LogP contribution < -0.4 is 10.2 Å². The topological polar surface area (TPSA) is 64.3 Å². The van der Waals surface area contributed by atoms with Crippen LogP contribution in [0.1, 0.15) is 25.8 Å². The molecule has 0 spiro atoms. The lowest BCUT2D eigenvalue weighted by Gasteiger charge is -2.34. The van der Waals surface area contributed by atoms with Crippen LogP contribution in [-0.2, 0) is 11.3 Å². The number of carbonyl (C=O) groups excluding carboxylic acids is 1. The summed E-state index contributed by atoms with van der Waals surface area (Å²) in [7, 11) is 2.16. The van der Waals surface area contributed by atoms with Gasteiger partial charge in [0, 0.05) is 55.9 Å². The van der Waals surface area contributed by atoms with E-state index in [1.807, 2.05) is 31.2 Å². The van der Waals surface area contributed by atoms with Crippen LogP contribution in [0.2, 0.25) is 0 Å². The van der Waals surface area contributed by atoms with Crippen molar-refractivity contribution in [3.63, 3.8) is 0 Å². The van der Waals surface area contributed by atoms with E-state index in [0.717, 1.165) is 60.6 Å². The number of carbonyl (C=O) groups is 1. The number of likely N-dealkylation sites (N-methyl/N-ethyl adjacent to an activating group) is 1. The van der Waals surface area contributed by atoms with Gasteiger partial charge in [0.25, 0.3) is 0 Å². The van der Waals surface area contributed by atoms with Gasteiger partial charge < -0.3 is 19.7 Å². The minimum Gasteiger partial charge on any atom is -0.369 e. The monoisotopic (exact) mass is 415 g/mol. The normalized spacial score (nSPS) is 14.6. The fourth-order valence-corrected chi connectivity index (χ4v) is 4.30. The summed E-state index contributed by atoms with van der Waals surface area (Å²) in [5.41, 5.74) is 5.68. The van der Waals surface area contributed by atoms with Crippen molar-refractivity contribution >= 4 is 28.2 Å². The number of anilines is 2. The molecular weight excluding hydrogens is 386 g/mol. The predicted molar refractivity (Wildman–Crippen MR) is 126 cm³/mol. The first-order chi connectivity index (χ1) is 15.0. The Bertz CT molecular complexity index is 1130. The van der Waals surface area contributed by atoms with Crippen LogP contribution in [0.15, 0.2) is 42.5 Å². The molecule has 1 aliphatic heterocycles. The highest BCUT2D eigenvalue weighted by molar-refractivity contribution is 5.96. The van der Waals surface area contributed by atoms with E-state index in [-0.39, 0.29) is 5.91 Å². The molecule has 4 rings (SSSR count). The lowest BCUT2D eigenvalue weighted by molar-refractivity contribution is -0.115. The Balaban J connectivity index is 1.76. The largest absolute Gasteiger partial charge is 0.369 e. The number of nitrogens with zero attached hydrogens (tertiary/aromatic N) is 4. The molecule has 0 aliphatic carbocycles. The van der Waals surface area contributed by atoms with Gasteiger partial charge in [-0.15, -0.1) is 0 Å². The average molecular weight is 416 g/mol. The summed E-state index contributed by atoms with van der Waals surface area (Å²) in [5.74, 6) is -0.00966. The summed E-state index contributed by atoms with van der Waals surface area (Å²) in [6.07, 6.45) is 0.444. The molecule has 2 heterocycles. The minimum atomic E-state index is -0.00966. The summed E-state index contributed by atoms with van der Waals surface area (Å²) < 4.78 is 2.23. The maximum Gasteiger partial charge on any atom is 0.224 e. The number of hydrogen-bond acceptors (Lipinski definition) is 4. The molecule has 2 aromatic carbocycles. The van der Waals surface area contributed by atoms with Crippen LogP contribution in [0.5, 0.6) is 0 Å². The molecule has 1 saturated heterocycles. The van der Waals surface area contributed by atoms with E-state index in [4.69, 9.17) is 0 Å². The van der Waals surface area contributed by atoms with Crippen molar-refractivity contribution in [1.29, 1.82) is 5.26 Å². The molecule has 1 aliphatic rings. The zero-order valence-electron chi connectivity index (χ0n) is 18.5. The van der Waals surface area contributed by atoms with Gasteiger partial charge >= 0.3 is 0 Å². The number of nitriles is 1. The average Bonchev–Trinajstić information content (AvgIpc) is 3.12. The van der Waals surface area contributed by atoms with Gasteiger partial charge in [0.05, 0.1) is 16.8 Å². The standard InChI is InChI=1S/C25H29N5O/c1-4-24(31)27-19-8-6-18(7-9-19)25-22(17-26)21-11-10-20(16-23(21)30(25)5-2)29-14-12-28(3)13-15-29/h6-11,16H,4-5,12-15H2,1-3H3,(H,27,31). The van der Waals surface area contributed by atoms with Crippen molar-refractivity contribution in [2.24, 2.45) is 0 Å². The Labute approximate surface area is 183 Å². The zero-order chi connectivity index (χ0) is 22.0. The van der Waals surface area contributed by atoms with Crippen LogP contribution in [-0.4, -0.2) is 48.6 Å². The Morgan fingerprint density at radius 1 is 1.06 bits per heavy atom. The highest BCUT2D eigenvalue weighted by Gasteiger charge is 2.20. The number of nitrogens with one attached hydrogen (secondary N) is 1. The Morgan fingerprint density at radius 3 is 2.39 bits per heavy atom. The predicted octanol–water partition coefficient (Wildman–Crippen LogP) is 4.30. The van der Waals surface area contributed by atoms with Gasteiger partial charge in [0.1, 0.15) is 6.07 Å². The van der Waals surface area contributed by atoms with Crippen LogP contribution in [0.4, 0.5) is 11.4 Å². The number of aryl methyl sites for hydroxylation is 1. The van der Waals surface area contributed by atoms with Crippen LogP contribution in [0.3, 0.4) is 0 Å². The second-order valence-electron chi connectivity index (χ2n) is 8.05. The summed E-state index contributed by atoms with van der Waals surface area (Å²) in [6, 6.07) is 16.7. The van der Waals surface area contributed by atoms with E-state index in [9.17, 15) is 10.1 Å². The van der Waals surface area contributed by atoms with Gasteiger partial charge in [-0.3, -0.25) is 4.79 Å². The number of benzene rings is 2. The Morgan fingerprint density at radius 2 is 1.77 bits per heavy atom. The third-order valence-electron chi connectivity index (χ3n) is 6.11. The zero-order valence-corrected chi connectivity index (χ0v) is 18.5. The molecule has 0 bridgehead atoms. The molecule has 1 amide bonds. The summed E-state index contributed by atoms with van der Waals surface area (Å²) in [5, 5.41) is 13.9. The van der Waals surface area contributed by atoms with E-state index < -0.39 is 0 Å². The van der Waals surface area contributed by atoms with Crippen molar-refractivity contribution in [3.8, 4) is 17.3 Å². The van der Waals surface area contributed by atoms with E-state index in [0.29, 0.717) is 12.0 Å². The summed E-state index contributed by atoms with van der Waals surface area (Å²) in [6.45, 7) is 8.86. The first-order valence-corrected chi connectivity index (χ1v) is 11.0. The molecule has 1 fully saturated rings. The smallest absolute Gasteiger partial charge is 0.224 e. The van der Waals surface area contributed by atoms with Gasteiger partial charge in [-0.25, -0.2) is 0 Å². The van der Waals surface area contributed by atoms with E-state index in [1.165, 1.54) is 5.69 Å². The molecular formula is C25H29N5O. The Kier molecular flexibility index (Phi) is 5.97. The van der Waals surface area contributed by atoms with Gasteiger partial charge in [-0.1, -0.05) is 19.1 Å². The second kappa shape index (κ2) is 8.83. The van der Waals surface area contributed by atoms with Gasteiger partial charge in [-0.2, -0.15) is 5.26 Å². The number of fused-ring (bicyclic) bond motifs is 1. The molecule has 0 saturated carbocycles. The minimum absolute atomic E-state index is 0.00966. The molecule has 160 valence electrons. The van der Waals surface area contributed by atoms with Gasteiger partial charge in [0.2, 0.25) is 5.91 Å². The van der Waals surface area contributed by atoms with Crippen LogP contribution in [0, 0.1) is 11.3 Å². The lowest BCUT2D eigenvalue weighted by atomic mass is 10.1. The molecule has 0 unspecified atom stereocenters. The number of rotatable bonds is 5. The molecule has 6 nitrogen and oxygen atoms in total. The fraction of sp³-hybridized carbons (Fsp3) is 0.360. The maximum absolute atomic E-state index is 11.7. The summed E-state index contributed by atoms with van der Waals surface area (Å²) in [4.78, 5) is 16.4. The van der Waals surface area contributed by atoms with Crippen molar-refractivity contribution in [3.05, 3.63) is 48.0 Å². The number of piperazine rings is 1. The molecule has 3 aromatic rings. The molecule has 0 radical (unpaired) electrons. The number of amides is 1. The number of hydrogen-bond donors (Lipinski definition) is 1. The van der Waals surface area contributed by atoms with Crippen molar-refractivity contribution in [2.45, 2.75) is 26.8 Å². The number of aromatic nitrogens is 1. The van der Waals surface area contributed by atoms with Gasteiger partial charge in [-0.05, 0) is 49.9 Å². The molecule has 6 heteroatoms. The van der Waals surface area contributed by atoms with Crippen LogP contribution in [0.25, 0.3) is 22.2 Å². The van der Waals surface area contributed by atoms with Crippen molar-refractivity contribution in [1.82, 2.24) is 9.47 Å². The van der Waals surface area contributed by atoms with E-state index in [1.54, 1.807) is 0 Å². The van der Waals surface area contributed by atoms with Crippen LogP contribution >= 0.6 is 0 Å². The molecule has 31 heavy (non-hydrogen) atoms. The first kappa shape index (κ1) is 21.0. The maximum atomic E-state index is 11.7. The van der Waals surface area contributed by atoms with Gasteiger partial charge in [0.15, 0.2) is 0 Å². The third kappa shape index (κ3) is 4.01. The highest BCUT2D eigenvalue weighted by Crippen LogP contribution is 2.36. The van der Waals surface area contributed by atoms with E-state index in [2.05, 4.69) is 57.9 Å². The highest BCUT2D eigenvalue weighted by atomic mass is 16.1. The van der Waals surface area contributed by atoms with E-state index >= 15 is 0 Å². The Hall–Kier alpha value is -3.30. The van der Waals surface area contributed by atoms with Crippen molar-refractivity contribution in [2.75, 3.05) is 43.4 Å². The molecule has 1 aromatic heterocycles. The lowest BCUT2D eigenvalue weighted by Crippen LogP contribution is -2.44. The quantitative estimate of drug-likeness (QED) is 0.675. The molecule has 0 atom stereocenters. The summed E-state index contributed by atoms with van der Waals surface area (Å²) >= 11 is 0. The second-order valence-corrected chi connectivity index (χ2v) is 8.05. The fourth-order valence-electron chi connectivity index (χ4n) is 4.30. The molecule has 1 N–H and O–H groups in total. The van der Waals surface area contributed by atoms with Crippen molar-refractivity contribution < 1.29 is 4.79 Å². The SMILES string of the molecule is CCC(=O)Nc1ccc(-c2c(C#N)c3ccc(N4CCN(C)CC4)cc3n2CC)cc1.